The van der Waals surface area contributed by atoms with Crippen molar-refractivity contribution in [1.82, 2.24) is 14.5 Å². The van der Waals surface area contributed by atoms with Crippen LogP contribution in [0.2, 0.25) is 0 Å². The van der Waals surface area contributed by atoms with Crippen LogP contribution < -0.4 is 15.7 Å². The fraction of sp³-hybridized carbons (Fsp3) is 0.440. The molecule has 2 heterocycles. The minimum atomic E-state index is -4.76. The van der Waals surface area contributed by atoms with Gasteiger partial charge in [-0.2, -0.15) is 17.6 Å². The number of sulfone groups is 1. The molecule has 9 nitrogen and oxygen atoms in total. The molecule has 0 radical (unpaired) electrons. The smallest absolute Gasteiger partial charge is 0.428 e. The first-order valence-corrected chi connectivity index (χ1v) is 13.6. The number of benzene rings is 2. The van der Waals surface area contributed by atoms with E-state index in [9.17, 15) is 40.7 Å². The van der Waals surface area contributed by atoms with Gasteiger partial charge in [-0.1, -0.05) is 6.07 Å². The summed E-state index contributed by atoms with van der Waals surface area (Å²) in [5.41, 5.74) is -2.52. The average molecular weight is 574 g/mol. The van der Waals surface area contributed by atoms with Gasteiger partial charge in [-0.3, -0.25) is 13.9 Å². The summed E-state index contributed by atoms with van der Waals surface area (Å²) in [6.45, 7) is 6.12. The first kappa shape index (κ1) is 28.6. The molecule has 0 saturated carbocycles. The van der Waals surface area contributed by atoms with Crippen molar-refractivity contribution < 1.29 is 40.6 Å². The predicted molar refractivity (Wildman–Crippen MR) is 135 cm³/mol. The van der Waals surface area contributed by atoms with Crippen molar-refractivity contribution in [3.05, 3.63) is 58.5 Å². The van der Waals surface area contributed by atoms with Crippen LogP contribution in [0.4, 0.5) is 17.6 Å². The topological polar surface area (TPSA) is 120 Å². The molecule has 2 aromatic carbocycles. The molecule has 1 atom stereocenters. The molecule has 3 aromatic rings. The van der Waals surface area contributed by atoms with Crippen LogP contribution >= 0.6 is 0 Å². The lowest BCUT2D eigenvalue weighted by Gasteiger charge is -2.38. The van der Waals surface area contributed by atoms with Crippen molar-refractivity contribution in [3.63, 3.8) is 0 Å². The Kier molecular flexibility index (Phi) is 6.87. The van der Waals surface area contributed by atoms with Gasteiger partial charge in [0.05, 0.1) is 45.4 Å². The maximum absolute atomic E-state index is 13.7. The van der Waals surface area contributed by atoms with Crippen LogP contribution in [0.3, 0.4) is 0 Å². The Balaban J connectivity index is 1.83. The highest BCUT2D eigenvalue weighted by Gasteiger charge is 2.46. The van der Waals surface area contributed by atoms with E-state index in [1.165, 1.54) is 48.7 Å². The number of carbonyl (C=O) groups excluding carboxylic acids is 1. The number of fused-ring (bicyclic) bond motifs is 1. The third kappa shape index (κ3) is 5.53. The van der Waals surface area contributed by atoms with Crippen molar-refractivity contribution in [2.75, 3.05) is 11.5 Å². The molecule has 14 heteroatoms. The first-order chi connectivity index (χ1) is 17.8. The number of aromatic nitrogens is 2. The summed E-state index contributed by atoms with van der Waals surface area (Å²) < 4.78 is 82.1. The fourth-order valence-corrected chi connectivity index (χ4v) is 6.54. The Labute approximate surface area is 220 Å². The number of halogens is 4. The number of imidazole rings is 1. The van der Waals surface area contributed by atoms with E-state index in [0.29, 0.717) is 0 Å². The summed E-state index contributed by atoms with van der Waals surface area (Å²) in [6.07, 6.45) is -8.84. The number of hydrogen-bond acceptors (Lipinski definition) is 6. The lowest BCUT2D eigenvalue weighted by molar-refractivity contribution is -0.253. The molecule has 0 bridgehead atoms. The van der Waals surface area contributed by atoms with E-state index in [2.05, 4.69) is 10.1 Å². The van der Waals surface area contributed by atoms with Gasteiger partial charge in [-0.25, -0.2) is 13.2 Å². The third-order valence-electron chi connectivity index (χ3n) is 6.62. The molecule has 1 aliphatic heterocycles. The van der Waals surface area contributed by atoms with Gasteiger partial charge in [0.15, 0.2) is 9.84 Å². The lowest BCUT2D eigenvalue weighted by atomic mass is 10.0. The third-order valence-corrected chi connectivity index (χ3v) is 8.78. The minimum absolute atomic E-state index is 0.0126. The summed E-state index contributed by atoms with van der Waals surface area (Å²) >= 11 is 0. The van der Waals surface area contributed by atoms with Gasteiger partial charge in [-0.15, -0.1) is 0 Å². The zero-order valence-electron chi connectivity index (χ0n) is 21.4. The summed E-state index contributed by atoms with van der Waals surface area (Å²) in [4.78, 5) is 26.6. The molecule has 0 aliphatic carbocycles. The van der Waals surface area contributed by atoms with Gasteiger partial charge in [0.25, 0.3) is 5.91 Å². The quantitative estimate of drug-likeness (QED) is 0.400. The first-order valence-electron chi connectivity index (χ1n) is 11.8. The molecule has 1 saturated heterocycles. The van der Waals surface area contributed by atoms with E-state index in [1.54, 1.807) is 13.8 Å². The van der Waals surface area contributed by atoms with E-state index < -0.39 is 56.9 Å². The van der Waals surface area contributed by atoms with Gasteiger partial charge in [0.2, 0.25) is 0 Å². The Bertz CT molecular complexity index is 1600. The summed E-state index contributed by atoms with van der Waals surface area (Å²) in [6, 6.07) is 8.04. The molecular weight excluding hydrogens is 546 g/mol. The van der Waals surface area contributed by atoms with Gasteiger partial charge in [-0.05, 0) is 58.0 Å². The van der Waals surface area contributed by atoms with Crippen LogP contribution in [0, 0.1) is 0 Å². The van der Waals surface area contributed by atoms with Crippen LogP contribution in [-0.2, 0) is 9.84 Å². The van der Waals surface area contributed by atoms with Crippen molar-refractivity contribution in [3.8, 4) is 11.4 Å². The van der Waals surface area contributed by atoms with Crippen molar-refractivity contribution in [2.45, 2.75) is 57.4 Å². The Morgan fingerprint density at radius 3 is 2.33 bits per heavy atom. The highest BCUT2D eigenvalue weighted by atomic mass is 32.2. The van der Waals surface area contributed by atoms with Crippen LogP contribution in [0.1, 0.15) is 44.1 Å². The Morgan fingerprint density at radius 1 is 1.13 bits per heavy atom. The standard InChI is InChI=1S/C25H27F4N3O6S/c1-14(23(2,3)35)31-19-10-15(20(33)30-24(4)12-39(36,37)13-24)8-9-18(19)32(22(31)34)16-6-5-7-17(11-16)38-25(28,29)21(26)27/h5-11,14,21,35H,12-13H2,1-4H3,(H,30,33). The number of nitrogens with one attached hydrogen (secondary N) is 1. The van der Waals surface area contributed by atoms with Gasteiger partial charge >= 0.3 is 18.2 Å². The average Bonchev–Trinajstić information content (AvgIpc) is 3.06. The second-order valence-corrected chi connectivity index (χ2v) is 12.6. The van der Waals surface area contributed by atoms with E-state index in [1.807, 2.05) is 0 Å². The molecule has 39 heavy (non-hydrogen) atoms. The Hall–Kier alpha value is -3.39. The van der Waals surface area contributed by atoms with Gasteiger partial charge in [0.1, 0.15) is 5.75 Å². The van der Waals surface area contributed by atoms with E-state index in [-0.39, 0.29) is 33.8 Å². The fourth-order valence-electron chi connectivity index (χ4n) is 4.53. The zero-order chi connectivity index (χ0) is 29.1. The molecule has 1 fully saturated rings. The lowest BCUT2D eigenvalue weighted by Crippen LogP contribution is -2.63. The molecule has 2 N–H and O–H groups in total. The number of carbonyl (C=O) groups is 1. The van der Waals surface area contributed by atoms with Crippen LogP contribution in [0.15, 0.2) is 47.3 Å². The number of alkyl halides is 4. The molecule has 4 rings (SSSR count). The zero-order valence-corrected chi connectivity index (χ0v) is 22.2. The normalized spacial score (nSPS) is 17.6. The number of hydrogen-bond donors (Lipinski definition) is 2. The predicted octanol–water partition coefficient (Wildman–Crippen LogP) is 3.28. The molecule has 212 valence electrons. The second-order valence-electron chi connectivity index (χ2n) is 10.5. The van der Waals surface area contributed by atoms with Crippen LogP contribution in [-0.4, -0.2) is 63.7 Å². The van der Waals surface area contributed by atoms with Gasteiger partial charge < -0.3 is 15.2 Å². The number of ether oxygens (including phenoxy) is 1. The summed E-state index contributed by atoms with van der Waals surface area (Å²) in [5.74, 6) is -1.62. The van der Waals surface area contributed by atoms with Crippen molar-refractivity contribution >= 4 is 26.8 Å². The van der Waals surface area contributed by atoms with Crippen molar-refractivity contribution in [1.29, 1.82) is 0 Å². The summed E-state index contributed by atoms with van der Waals surface area (Å²) in [5, 5.41) is 13.4. The largest absolute Gasteiger partial charge is 0.461 e. The highest BCUT2D eigenvalue weighted by Crippen LogP contribution is 2.31. The maximum Gasteiger partial charge on any atom is 0.461 e. The molecule has 1 aromatic heterocycles. The van der Waals surface area contributed by atoms with E-state index in [4.69, 9.17) is 0 Å². The SMILES string of the molecule is CC(n1c(=O)n(-c2cccc(OC(F)(F)C(F)F)c2)c2ccc(C(=O)NC3(C)CS(=O)(=O)C3)cc21)C(C)(C)O. The molecular formula is C25H27F4N3O6S. The van der Waals surface area contributed by atoms with Crippen LogP contribution in [0.25, 0.3) is 16.7 Å². The van der Waals surface area contributed by atoms with E-state index in [0.717, 1.165) is 16.7 Å². The number of amides is 1. The minimum Gasteiger partial charge on any atom is -0.428 e. The monoisotopic (exact) mass is 573 g/mol. The highest BCUT2D eigenvalue weighted by molar-refractivity contribution is 7.93. The number of rotatable bonds is 8. The van der Waals surface area contributed by atoms with E-state index >= 15 is 0 Å². The summed E-state index contributed by atoms with van der Waals surface area (Å²) in [7, 11) is -3.23. The van der Waals surface area contributed by atoms with Crippen LogP contribution in [0.5, 0.6) is 5.75 Å². The molecule has 1 amide bonds. The van der Waals surface area contributed by atoms with Gasteiger partial charge in [0, 0.05) is 11.6 Å². The Morgan fingerprint density at radius 2 is 1.77 bits per heavy atom. The number of aliphatic hydroxyl groups is 1. The molecule has 0 spiro atoms. The molecule has 1 unspecified atom stereocenters. The number of nitrogens with zero attached hydrogens (tertiary/aromatic N) is 2. The maximum atomic E-state index is 13.7. The van der Waals surface area contributed by atoms with Crippen molar-refractivity contribution in [2.24, 2.45) is 0 Å². The molecule has 1 aliphatic rings. The second kappa shape index (κ2) is 9.37.